The van der Waals surface area contributed by atoms with E-state index < -0.39 is 0 Å². The first kappa shape index (κ1) is 8.72. The Bertz CT molecular complexity index is 493. The van der Waals surface area contributed by atoms with Crippen LogP contribution >= 0.6 is 0 Å². The van der Waals surface area contributed by atoms with E-state index in [0.717, 1.165) is 0 Å². The van der Waals surface area contributed by atoms with E-state index in [4.69, 9.17) is 0 Å². The van der Waals surface area contributed by atoms with Gasteiger partial charge in [0.2, 0.25) is 0 Å². The molecule has 3 aliphatic rings. The Balaban J connectivity index is 0.000000104. The van der Waals surface area contributed by atoms with Gasteiger partial charge < -0.3 is 0 Å². The molecule has 3 aliphatic carbocycles. The van der Waals surface area contributed by atoms with Crippen molar-refractivity contribution in [3.05, 3.63) is 70.1 Å². The van der Waals surface area contributed by atoms with Crippen molar-refractivity contribution < 1.29 is 0 Å². The Morgan fingerprint density at radius 3 is 1.40 bits per heavy atom. The molecule has 0 saturated carbocycles. The molecule has 0 aromatic heterocycles. The van der Waals surface area contributed by atoms with Gasteiger partial charge in [-0.2, -0.15) is 0 Å². The summed E-state index contributed by atoms with van der Waals surface area (Å²) >= 11 is 0. The van der Waals surface area contributed by atoms with E-state index in [1.54, 1.807) is 11.1 Å². The van der Waals surface area contributed by atoms with Crippen LogP contribution in [0.3, 0.4) is 0 Å². The van der Waals surface area contributed by atoms with E-state index in [-0.39, 0.29) is 0 Å². The smallest absolute Gasteiger partial charge is 0.0184 e. The van der Waals surface area contributed by atoms with Crippen molar-refractivity contribution in [2.45, 2.75) is 19.3 Å². The maximum atomic E-state index is 2.24. The third kappa shape index (κ3) is 1.56. The summed E-state index contributed by atoms with van der Waals surface area (Å²) in [6.45, 7) is 0. The third-order valence-corrected chi connectivity index (χ3v) is 3.23. The number of aryl methyl sites for hydroxylation is 2. The van der Waals surface area contributed by atoms with Crippen LogP contribution in [0.15, 0.2) is 48.5 Å². The molecule has 0 spiro atoms. The van der Waals surface area contributed by atoms with Gasteiger partial charge in [0.25, 0.3) is 0 Å². The summed E-state index contributed by atoms with van der Waals surface area (Å²) in [5.74, 6) is 0. The largest absolute Gasteiger partial charge is 0.0620 e. The zero-order valence-corrected chi connectivity index (χ0v) is 8.74. The lowest BCUT2D eigenvalue weighted by Gasteiger charge is -1.95. The van der Waals surface area contributed by atoms with E-state index in [1.807, 2.05) is 0 Å². The number of fused-ring (bicyclic) bond motifs is 1. The summed E-state index contributed by atoms with van der Waals surface area (Å²) in [7, 11) is 0. The van der Waals surface area contributed by atoms with Gasteiger partial charge in [0.05, 0.1) is 0 Å². The fourth-order valence-electron chi connectivity index (χ4n) is 2.18. The molecule has 0 unspecified atom stereocenters. The van der Waals surface area contributed by atoms with Crippen LogP contribution in [0.1, 0.15) is 17.5 Å². The Labute approximate surface area is 89.9 Å². The molecule has 15 heavy (non-hydrogen) atoms. The van der Waals surface area contributed by atoms with Crippen molar-refractivity contribution >= 4 is 0 Å². The first-order chi connectivity index (χ1) is 7.43. The molecular formula is C15H14. The first-order valence-corrected chi connectivity index (χ1v) is 5.61. The van der Waals surface area contributed by atoms with E-state index >= 15 is 0 Å². The normalized spacial score (nSPS) is 13.9. The lowest BCUT2D eigenvalue weighted by Crippen LogP contribution is -1.80. The van der Waals surface area contributed by atoms with E-state index in [9.17, 15) is 0 Å². The fraction of sp³-hybridized carbons (Fsp3) is 0.200. The summed E-state index contributed by atoms with van der Waals surface area (Å²) in [6, 6.07) is 17.2. The average molecular weight is 194 g/mol. The second-order valence-electron chi connectivity index (χ2n) is 4.20. The molecule has 0 heterocycles. The Morgan fingerprint density at radius 1 is 0.600 bits per heavy atom. The third-order valence-electron chi connectivity index (χ3n) is 3.23. The SMILES string of the molecule is c1cc2ccc1=2.c1ccc2c(c1)CCC2. The first-order valence-electron chi connectivity index (χ1n) is 5.61. The van der Waals surface area contributed by atoms with Crippen LogP contribution in [-0.2, 0) is 12.8 Å². The molecule has 0 nitrogen and oxygen atoms in total. The highest BCUT2D eigenvalue weighted by Crippen LogP contribution is 2.20. The summed E-state index contributed by atoms with van der Waals surface area (Å²) in [5.41, 5.74) is 3.13. The van der Waals surface area contributed by atoms with Gasteiger partial charge >= 0.3 is 0 Å². The van der Waals surface area contributed by atoms with Crippen LogP contribution in [0, 0.1) is 10.4 Å². The number of rotatable bonds is 0. The molecule has 1 aromatic rings. The molecular weight excluding hydrogens is 180 g/mol. The highest BCUT2D eigenvalue weighted by Gasteiger charge is 2.07. The summed E-state index contributed by atoms with van der Waals surface area (Å²) in [4.78, 5) is 0. The lowest BCUT2D eigenvalue weighted by molar-refractivity contribution is 0.912. The lowest BCUT2D eigenvalue weighted by atomic mass is 10.1. The zero-order chi connectivity index (χ0) is 10.1. The van der Waals surface area contributed by atoms with E-state index in [1.165, 1.54) is 29.7 Å². The minimum Gasteiger partial charge on any atom is -0.0620 e. The van der Waals surface area contributed by atoms with Gasteiger partial charge in [-0.3, -0.25) is 0 Å². The molecule has 4 rings (SSSR count). The minimum absolute atomic E-state index is 1.30. The van der Waals surface area contributed by atoms with E-state index in [0.29, 0.717) is 0 Å². The number of hydrogen-bond acceptors (Lipinski definition) is 0. The maximum absolute atomic E-state index is 2.24. The quantitative estimate of drug-likeness (QED) is 0.514. The van der Waals surface area contributed by atoms with Gasteiger partial charge in [0, 0.05) is 0 Å². The summed E-state index contributed by atoms with van der Waals surface area (Å²) in [5, 5.41) is 2.85. The van der Waals surface area contributed by atoms with Crippen LogP contribution < -0.4 is 0 Å². The minimum atomic E-state index is 1.30. The van der Waals surface area contributed by atoms with Crippen molar-refractivity contribution in [2.24, 2.45) is 0 Å². The maximum Gasteiger partial charge on any atom is -0.0184 e. The molecule has 0 amide bonds. The molecule has 74 valence electrons. The van der Waals surface area contributed by atoms with Crippen LogP contribution in [0.2, 0.25) is 0 Å². The van der Waals surface area contributed by atoms with Crippen LogP contribution in [-0.4, -0.2) is 0 Å². The van der Waals surface area contributed by atoms with Gasteiger partial charge in [0.15, 0.2) is 0 Å². The van der Waals surface area contributed by atoms with Gasteiger partial charge in [-0.15, -0.1) is 0 Å². The van der Waals surface area contributed by atoms with Gasteiger partial charge in [-0.1, -0.05) is 48.5 Å². The average Bonchev–Trinajstić information content (AvgIpc) is 2.72. The van der Waals surface area contributed by atoms with Crippen molar-refractivity contribution in [1.82, 2.24) is 0 Å². The molecule has 1 aromatic carbocycles. The fourth-order valence-corrected chi connectivity index (χ4v) is 2.18. The Kier molecular flexibility index (Phi) is 2.06. The number of hydrogen-bond donors (Lipinski definition) is 0. The number of benzene rings is 2. The summed E-state index contributed by atoms with van der Waals surface area (Å²) in [6.07, 6.45) is 3.96. The molecule has 0 radical (unpaired) electrons. The standard InChI is InChI=1S/C9H10.C6H4/c1-2-5-9-7-3-6-8(9)4-1;1-2-6-4-3-5(1)6/h1-2,4-5H,3,6-7H2;1-4H. The topological polar surface area (TPSA) is 0 Å². The second kappa shape index (κ2) is 3.54. The van der Waals surface area contributed by atoms with Crippen molar-refractivity contribution in [1.29, 1.82) is 0 Å². The predicted octanol–water partition coefficient (Wildman–Crippen LogP) is 3.46. The van der Waals surface area contributed by atoms with Crippen molar-refractivity contribution in [3.63, 3.8) is 0 Å². The van der Waals surface area contributed by atoms with Crippen LogP contribution in [0.25, 0.3) is 0 Å². The highest BCUT2D eigenvalue weighted by molar-refractivity contribution is 5.30. The highest BCUT2D eigenvalue weighted by atomic mass is 14.1. The van der Waals surface area contributed by atoms with Crippen molar-refractivity contribution in [2.75, 3.05) is 0 Å². The van der Waals surface area contributed by atoms with Gasteiger partial charge in [0.1, 0.15) is 0 Å². The van der Waals surface area contributed by atoms with Crippen LogP contribution in [0.4, 0.5) is 0 Å². The molecule has 0 aliphatic heterocycles. The van der Waals surface area contributed by atoms with E-state index in [2.05, 4.69) is 48.5 Å². The predicted molar refractivity (Wildman–Crippen MR) is 62.6 cm³/mol. The molecule has 0 fully saturated rings. The molecule has 0 N–H and O–H groups in total. The van der Waals surface area contributed by atoms with Crippen molar-refractivity contribution in [3.8, 4) is 0 Å². The summed E-state index contributed by atoms with van der Waals surface area (Å²) < 4.78 is 0. The van der Waals surface area contributed by atoms with Gasteiger partial charge in [-0.25, -0.2) is 0 Å². The Morgan fingerprint density at radius 2 is 1.07 bits per heavy atom. The molecule has 0 atom stereocenters. The van der Waals surface area contributed by atoms with Crippen LogP contribution in [0.5, 0.6) is 0 Å². The molecule has 0 saturated heterocycles. The van der Waals surface area contributed by atoms with Gasteiger partial charge in [-0.05, 0) is 40.8 Å². The molecule has 0 bridgehead atoms. The monoisotopic (exact) mass is 194 g/mol. The second-order valence-corrected chi connectivity index (χ2v) is 4.20. The molecule has 0 heteroatoms. The Hall–Kier alpha value is -1.56. The zero-order valence-electron chi connectivity index (χ0n) is 8.74.